The van der Waals surface area contributed by atoms with Gasteiger partial charge >= 0.3 is 17.9 Å². The quantitative estimate of drug-likeness (QED) is 0.0261. The van der Waals surface area contributed by atoms with Crippen LogP contribution in [0.5, 0.6) is 0 Å². The number of ether oxygens (including phenoxy) is 3. The molecule has 0 heterocycles. The van der Waals surface area contributed by atoms with Crippen LogP contribution >= 0.6 is 0 Å². The van der Waals surface area contributed by atoms with Crippen molar-refractivity contribution in [1.82, 2.24) is 0 Å². The average Bonchev–Trinajstić information content (AvgIpc) is 3.44. The van der Waals surface area contributed by atoms with Crippen molar-refractivity contribution in [2.24, 2.45) is 0 Å². The minimum atomic E-state index is -0.768. The summed E-state index contributed by atoms with van der Waals surface area (Å²) in [5.41, 5.74) is 0. The zero-order chi connectivity index (χ0) is 56.4. The monoisotopic (exact) mass is 1090 g/mol. The van der Waals surface area contributed by atoms with E-state index in [0.717, 1.165) is 89.9 Å². The highest BCUT2D eigenvalue weighted by atomic mass is 16.6. The number of hydrogen-bond acceptors (Lipinski definition) is 6. The molecule has 1 atom stereocenters. The van der Waals surface area contributed by atoms with Gasteiger partial charge in [0.15, 0.2) is 6.10 Å². The van der Waals surface area contributed by atoms with Crippen molar-refractivity contribution >= 4 is 17.9 Å². The summed E-state index contributed by atoms with van der Waals surface area (Å²) in [5.74, 6) is -0.841. The SMILES string of the molecule is CC/C=C\C/C=C\C/C=C\C/C=C\C/C=C\CCCCCCCCCCCCCCCCCCCC(=O)OCC(COC(=O)CCCCCCCCCCCCCC)OC(=O)CCCCCCCCCCCCCCCCC. The van der Waals surface area contributed by atoms with Crippen LogP contribution < -0.4 is 0 Å². The van der Waals surface area contributed by atoms with E-state index >= 15 is 0 Å². The summed E-state index contributed by atoms with van der Waals surface area (Å²) in [4.78, 5) is 38.3. The van der Waals surface area contributed by atoms with Gasteiger partial charge in [-0.15, -0.1) is 0 Å². The maximum absolute atomic E-state index is 12.9. The number of unbranched alkanes of at least 4 members (excludes halogenated alkanes) is 42. The van der Waals surface area contributed by atoms with E-state index in [2.05, 4.69) is 81.5 Å². The summed E-state index contributed by atoms with van der Waals surface area (Å²) >= 11 is 0. The molecule has 0 radical (unpaired) electrons. The van der Waals surface area contributed by atoms with Crippen molar-refractivity contribution in [3.8, 4) is 0 Å². The van der Waals surface area contributed by atoms with Crippen molar-refractivity contribution in [2.75, 3.05) is 13.2 Å². The molecule has 0 aromatic carbocycles. The molecule has 0 fully saturated rings. The highest BCUT2D eigenvalue weighted by Crippen LogP contribution is 2.18. The summed E-state index contributed by atoms with van der Waals surface area (Å²) in [7, 11) is 0. The molecule has 0 aliphatic heterocycles. The van der Waals surface area contributed by atoms with E-state index in [1.165, 1.54) is 231 Å². The van der Waals surface area contributed by atoms with Crippen molar-refractivity contribution in [2.45, 2.75) is 367 Å². The molecule has 0 aliphatic carbocycles. The molecular formula is C72H130O6. The summed E-state index contributed by atoms with van der Waals surface area (Å²) < 4.78 is 16.9. The number of hydrogen-bond donors (Lipinski definition) is 0. The molecule has 0 aromatic rings. The Hall–Kier alpha value is -2.89. The van der Waals surface area contributed by atoms with E-state index in [9.17, 15) is 14.4 Å². The second-order valence-electron chi connectivity index (χ2n) is 23.1. The normalized spacial score (nSPS) is 12.4. The van der Waals surface area contributed by atoms with Gasteiger partial charge in [0.05, 0.1) is 0 Å². The molecule has 0 spiro atoms. The van der Waals surface area contributed by atoms with E-state index in [4.69, 9.17) is 14.2 Å². The van der Waals surface area contributed by atoms with Crippen LogP contribution in [-0.4, -0.2) is 37.2 Å². The van der Waals surface area contributed by atoms with Crippen molar-refractivity contribution in [3.63, 3.8) is 0 Å². The van der Waals surface area contributed by atoms with Crippen LogP contribution in [0.2, 0.25) is 0 Å². The lowest BCUT2D eigenvalue weighted by atomic mass is 10.0. The molecule has 0 N–H and O–H groups in total. The van der Waals surface area contributed by atoms with Gasteiger partial charge in [0, 0.05) is 19.3 Å². The van der Waals surface area contributed by atoms with Crippen LogP contribution in [0.25, 0.3) is 0 Å². The second-order valence-corrected chi connectivity index (χ2v) is 23.1. The van der Waals surface area contributed by atoms with Crippen LogP contribution in [-0.2, 0) is 28.6 Å². The van der Waals surface area contributed by atoms with Gasteiger partial charge in [-0.1, -0.05) is 338 Å². The maximum atomic E-state index is 12.9. The Balaban J connectivity index is 4.10. The van der Waals surface area contributed by atoms with Crippen LogP contribution in [0, 0.1) is 0 Å². The third-order valence-corrected chi connectivity index (χ3v) is 15.3. The number of allylic oxidation sites excluding steroid dienone is 10. The Morgan fingerprint density at radius 1 is 0.269 bits per heavy atom. The molecule has 6 nitrogen and oxygen atoms in total. The Morgan fingerprint density at radius 2 is 0.500 bits per heavy atom. The Kier molecular flexibility index (Phi) is 64.2. The molecule has 78 heavy (non-hydrogen) atoms. The zero-order valence-electron chi connectivity index (χ0n) is 52.2. The van der Waals surface area contributed by atoms with E-state index in [-0.39, 0.29) is 31.1 Å². The predicted octanol–water partition coefficient (Wildman–Crippen LogP) is 23.5. The molecular weight excluding hydrogens is 961 g/mol. The fourth-order valence-corrected chi connectivity index (χ4v) is 10.2. The molecule has 0 rings (SSSR count). The minimum absolute atomic E-state index is 0.0662. The molecule has 1 unspecified atom stereocenters. The van der Waals surface area contributed by atoms with Crippen molar-refractivity contribution in [3.05, 3.63) is 60.8 Å². The first-order valence-corrected chi connectivity index (χ1v) is 34.3. The fraction of sp³-hybridized carbons (Fsp3) is 0.819. The van der Waals surface area contributed by atoms with Crippen molar-refractivity contribution in [1.29, 1.82) is 0 Å². The first kappa shape index (κ1) is 75.1. The van der Waals surface area contributed by atoms with Crippen LogP contribution in [0.1, 0.15) is 361 Å². The Bertz CT molecular complexity index is 1390. The lowest BCUT2D eigenvalue weighted by Crippen LogP contribution is -2.30. The molecule has 454 valence electrons. The molecule has 0 aromatic heterocycles. The highest BCUT2D eigenvalue weighted by Gasteiger charge is 2.19. The minimum Gasteiger partial charge on any atom is -0.462 e. The highest BCUT2D eigenvalue weighted by molar-refractivity contribution is 5.71. The van der Waals surface area contributed by atoms with E-state index in [1.807, 2.05) is 0 Å². The van der Waals surface area contributed by atoms with Gasteiger partial charge < -0.3 is 14.2 Å². The van der Waals surface area contributed by atoms with Gasteiger partial charge in [-0.25, -0.2) is 0 Å². The fourth-order valence-electron chi connectivity index (χ4n) is 10.2. The molecule has 0 saturated carbocycles. The average molecular weight is 1090 g/mol. The first-order valence-electron chi connectivity index (χ1n) is 34.3. The van der Waals surface area contributed by atoms with Gasteiger partial charge in [0.2, 0.25) is 0 Å². The summed E-state index contributed by atoms with van der Waals surface area (Å²) in [6.07, 6.45) is 85.4. The number of carbonyl (C=O) groups excluding carboxylic acids is 3. The topological polar surface area (TPSA) is 78.9 Å². The van der Waals surface area contributed by atoms with Crippen LogP contribution in [0.3, 0.4) is 0 Å². The lowest BCUT2D eigenvalue weighted by Gasteiger charge is -2.18. The third kappa shape index (κ3) is 63.9. The largest absolute Gasteiger partial charge is 0.462 e. The molecule has 0 aliphatic rings. The number of rotatable bonds is 63. The van der Waals surface area contributed by atoms with Gasteiger partial charge in [-0.05, 0) is 64.2 Å². The van der Waals surface area contributed by atoms with Crippen molar-refractivity contribution < 1.29 is 28.6 Å². The zero-order valence-corrected chi connectivity index (χ0v) is 52.2. The smallest absolute Gasteiger partial charge is 0.306 e. The van der Waals surface area contributed by atoms with Gasteiger partial charge in [-0.3, -0.25) is 14.4 Å². The van der Waals surface area contributed by atoms with Crippen LogP contribution in [0.15, 0.2) is 60.8 Å². The molecule has 0 saturated heterocycles. The Labute approximate surface area is 485 Å². The van der Waals surface area contributed by atoms with Gasteiger partial charge in [0.1, 0.15) is 13.2 Å². The van der Waals surface area contributed by atoms with E-state index in [1.54, 1.807) is 0 Å². The maximum Gasteiger partial charge on any atom is 0.306 e. The van der Waals surface area contributed by atoms with Crippen LogP contribution in [0.4, 0.5) is 0 Å². The third-order valence-electron chi connectivity index (χ3n) is 15.3. The first-order chi connectivity index (χ1) is 38.5. The summed E-state index contributed by atoms with van der Waals surface area (Å²) in [5, 5.41) is 0. The molecule has 6 heteroatoms. The Morgan fingerprint density at radius 3 is 0.782 bits per heavy atom. The second kappa shape index (κ2) is 66.6. The predicted molar refractivity (Wildman–Crippen MR) is 339 cm³/mol. The van der Waals surface area contributed by atoms with Gasteiger partial charge in [-0.2, -0.15) is 0 Å². The lowest BCUT2D eigenvalue weighted by molar-refractivity contribution is -0.167. The van der Waals surface area contributed by atoms with E-state index in [0.29, 0.717) is 19.3 Å². The molecule has 0 bridgehead atoms. The number of carbonyl (C=O) groups is 3. The standard InChI is InChI=1S/C72H130O6/c1-4-7-10-13-16-19-22-25-27-28-29-30-31-32-33-34-35-36-37-38-39-40-41-42-43-44-46-47-50-53-56-59-62-65-71(74)77-68-69(67-76-70(73)64-61-58-55-52-49-24-21-18-15-12-9-6-3)78-72(75)66-63-60-57-54-51-48-45-26-23-20-17-14-11-8-5-2/h7,10,16,19,25,27,29-30,32-33,69H,4-6,8-9,11-15,17-18,20-24,26,28,31,34-68H2,1-3H3/b10-7-,19-16-,27-25-,30-29-,33-32-. The van der Waals surface area contributed by atoms with Gasteiger partial charge in [0.25, 0.3) is 0 Å². The summed E-state index contributed by atoms with van der Waals surface area (Å²) in [6, 6.07) is 0. The van der Waals surface area contributed by atoms with E-state index < -0.39 is 6.10 Å². The number of esters is 3. The summed E-state index contributed by atoms with van der Waals surface area (Å²) in [6.45, 7) is 6.58. The molecule has 0 amide bonds.